The summed E-state index contributed by atoms with van der Waals surface area (Å²) in [7, 11) is -1.37. The van der Waals surface area contributed by atoms with E-state index in [1.807, 2.05) is 0 Å². The van der Waals surface area contributed by atoms with Gasteiger partial charge in [-0.1, -0.05) is 0 Å². The molecule has 0 aliphatic heterocycles. The standard InChI is InChI=1S/C8H18N2O3S/c1-7(6-14(3,12)13)10-5-4-8(11)9-2/h7,10H,4-6H2,1-3H3,(H,9,11). The fraction of sp³-hybridized carbons (Fsp3) is 0.875. The van der Waals surface area contributed by atoms with Gasteiger partial charge in [-0.25, -0.2) is 8.42 Å². The summed E-state index contributed by atoms with van der Waals surface area (Å²) in [4.78, 5) is 10.8. The lowest BCUT2D eigenvalue weighted by atomic mass is 10.3. The van der Waals surface area contributed by atoms with Crippen LogP contribution < -0.4 is 10.6 Å². The summed E-state index contributed by atoms with van der Waals surface area (Å²) in [5.74, 6) is 0.0462. The second kappa shape index (κ2) is 5.98. The third kappa shape index (κ3) is 8.00. The van der Waals surface area contributed by atoms with Gasteiger partial charge in [0.05, 0.1) is 5.75 Å². The summed E-state index contributed by atoms with van der Waals surface area (Å²) in [6.07, 6.45) is 1.56. The Morgan fingerprint density at radius 2 is 2.00 bits per heavy atom. The van der Waals surface area contributed by atoms with E-state index < -0.39 is 9.84 Å². The van der Waals surface area contributed by atoms with Gasteiger partial charge in [0.25, 0.3) is 0 Å². The van der Waals surface area contributed by atoms with Crippen molar-refractivity contribution < 1.29 is 13.2 Å². The molecule has 0 aromatic heterocycles. The van der Waals surface area contributed by atoms with Gasteiger partial charge in [-0.2, -0.15) is 0 Å². The van der Waals surface area contributed by atoms with Crippen molar-refractivity contribution in [2.24, 2.45) is 0 Å². The minimum absolute atomic E-state index is 0.0518. The molecule has 14 heavy (non-hydrogen) atoms. The molecule has 84 valence electrons. The number of sulfone groups is 1. The highest BCUT2D eigenvalue weighted by atomic mass is 32.2. The Morgan fingerprint density at radius 1 is 1.43 bits per heavy atom. The fourth-order valence-electron chi connectivity index (χ4n) is 1.07. The van der Waals surface area contributed by atoms with Crippen molar-refractivity contribution in [3.8, 4) is 0 Å². The minimum Gasteiger partial charge on any atom is -0.359 e. The third-order valence-corrected chi connectivity index (χ3v) is 2.78. The number of carbonyl (C=O) groups is 1. The van der Waals surface area contributed by atoms with Crippen LogP contribution in [0.15, 0.2) is 0 Å². The van der Waals surface area contributed by atoms with Crippen LogP contribution in [0.2, 0.25) is 0 Å². The molecule has 0 rings (SSSR count). The van der Waals surface area contributed by atoms with E-state index in [1.165, 1.54) is 6.26 Å². The predicted octanol–water partition coefficient (Wildman–Crippen LogP) is -0.855. The quantitative estimate of drug-likeness (QED) is 0.613. The molecule has 0 aromatic carbocycles. The molecule has 0 bridgehead atoms. The topological polar surface area (TPSA) is 75.3 Å². The molecule has 0 saturated carbocycles. The van der Waals surface area contributed by atoms with Crippen LogP contribution in [-0.4, -0.2) is 46.0 Å². The first-order valence-electron chi connectivity index (χ1n) is 4.47. The van der Waals surface area contributed by atoms with E-state index in [9.17, 15) is 13.2 Å². The minimum atomic E-state index is -2.94. The van der Waals surface area contributed by atoms with E-state index in [1.54, 1.807) is 14.0 Å². The van der Waals surface area contributed by atoms with E-state index in [-0.39, 0.29) is 17.7 Å². The highest BCUT2D eigenvalue weighted by Gasteiger charge is 2.09. The van der Waals surface area contributed by atoms with Gasteiger partial charge in [0.15, 0.2) is 0 Å². The largest absolute Gasteiger partial charge is 0.359 e. The van der Waals surface area contributed by atoms with Gasteiger partial charge in [-0.15, -0.1) is 0 Å². The molecule has 0 aromatic rings. The van der Waals surface area contributed by atoms with Gasteiger partial charge in [0.1, 0.15) is 9.84 Å². The van der Waals surface area contributed by atoms with Crippen LogP contribution in [-0.2, 0) is 14.6 Å². The van der Waals surface area contributed by atoms with Gasteiger partial charge in [0.2, 0.25) is 5.91 Å². The summed E-state index contributed by atoms with van der Waals surface area (Å²) < 4.78 is 21.8. The first kappa shape index (κ1) is 13.4. The number of nitrogens with one attached hydrogen (secondary N) is 2. The van der Waals surface area contributed by atoms with Gasteiger partial charge in [-0.05, 0) is 6.92 Å². The second-order valence-electron chi connectivity index (χ2n) is 3.37. The van der Waals surface area contributed by atoms with Gasteiger partial charge in [-0.3, -0.25) is 4.79 Å². The lowest BCUT2D eigenvalue weighted by molar-refractivity contribution is -0.120. The summed E-state index contributed by atoms with van der Waals surface area (Å²) in [5, 5.41) is 5.45. The molecule has 0 aliphatic carbocycles. The Bertz CT molecular complexity index is 274. The van der Waals surface area contributed by atoms with E-state index >= 15 is 0 Å². The van der Waals surface area contributed by atoms with Crippen molar-refractivity contribution in [2.75, 3.05) is 25.6 Å². The predicted molar refractivity (Wildman–Crippen MR) is 55.9 cm³/mol. The van der Waals surface area contributed by atoms with Crippen LogP contribution in [0.3, 0.4) is 0 Å². The third-order valence-electron chi connectivity index (χ3n) is 1.68. The number of amides is 1. The zero-order valence-electron chi connectivity index (χ0n) is 8.83. The first-order valence-corrected chi connectivity index (χ1v) is 6.53. The van der Waals surface area contributed by atoms with E-state index in [4.69, 9.17) is 0 Å². The Labute approximate surface area is 85.2 Å². The Morgan fingerprint density at radius 3 is 2.43 bits per heavy atom. The number of rotatable bonds is 6. The molecule has 6 heteroatoms. The molecule has 1 unspecified atom stereocenters. The maximum absolute atomic E-state index is 10.9. The molecule has 0 fully saturated rings. The highest BCUT2D eigenvalue weighted by Crippen LogP contribution is 1.90. The average Bonchev–Trinajstić information content (AvgIpc) is 2.00. The van der Waals surface area contributed by atoms with Crippen LogP contribution in [0, 0.1) is 0 Å². The van der Waals surface area contributed by atoms with Crippen LogP contribution >= 0.6 is 0 Å². The van der Waals surface area contributed by atoms with Crippen molar-refractivity contribution in [1.82, 2.24) is 10.6 Å². The molecule has 5 nitrogen and oxygen atoms in total. The Hall–Kier alpha value is -0.620. The molecule has 0 saturated heterocycles. The Kier molecular flexibility index (Phi) is 5.71. The molecule has 2 N–H and O–H groups in total. The van der Waals surface area contributed by atoms with Crippen LogP contribution in [0.1, 0.15) is 13.3 Å². The molecule has 0 aliphatic rings. The van der Waals surface area contributed by atoms with Crippen LogP contribution in [0.4, 0.5) is 0 Å². The van der Waals surface area contributed by atoms with Crippen molar-refractivity contribution >= 4 is 15.7 Å². The second-order valence-corrected chi connectivity index (χ2v) is 5.56. The Balaban J connectivity index is 3.65. The van der Waals surface area contributed by atoms with Gasteiger partial charge in [0, 0.05) is 32.3 Å². The molecule has 1 amide bonds. The summed E-state index contributed by atoms with van der Waals surface area (Å²) in [6, 6.07) is -0.116. The summed E-state index contributed by atoms with van der Waals surface area (Å²) in [5.41, 5.74) is 0. The number of hydrogen-bond acceptors (Lipinski definition) is 4. The van der Waals surface area contributed by atoms with Gasteiger partial charge >= 0.3 is 0 Å². The van der Waals surface area contributed by atoms with Crippen molar-refractivity contribution in [3.63, 3.8) is 0 Å². The molecule has 0 heterocycles. The molecular formula is C8H18N2O3S. The van der Waals surface area contributed by atoms with Gasteiger partial charge < -0.3 is 10.6 Å². The zero-order chi connectivity index (χ0) is 11.2. The smallest absolute Gasteiger partial charge is 0.221 e. The van der Waals surface area contributed by atoms with Crippen molar-refractivity contribution in [2.45, 2.75) is 19.4 Å². The number of carbonyl (C=O) groups excluding carboxylic acids is 1. The summed E-state index contributed by atoms with van der Waals surface area (Å²) >= 11 is 0. The van der Waals surface area contributed by atoms with E-state index in [0.717, 1.165) is 0 Å². The van der Waals surface area contributed by atoms with Crippen molar-refractivity contribution in [1.29, 1.82) is 0 Å². The molecular weight excluding hydrogens is 204 g/mol. The maximum Gasteiger partial charge on any atom is 0.221 e. The fourth-order valence-corrected chi connectivity index (χ4v) is 2.10. The van der Waals surface area contributed by atoms with Crippen molar-refractivity contribution in [3.05, 3.63) is 0 Å². The lowest BCUT2D eigenvalue weighted by Gasteiger charge is -2.11. The number of hydrogen-bond donors (Lipinski definition) is 2. The normalized spacial score (nSPS) is 13.6. The van der Waals surface area contributed by atoms with Crippen LogP contribution in [0.5, 0.6) is 0 Å². The van der Waals surface area contributed by atoms with E-state index in [0.29, 0.717) is 13.0 Å². The lowest BCUT2D eigenvalue weighted by Crippen LogP contribution is -2.35. The molecule has 0 radical (unpaired) electrons. The first-order chi connectivity index (χ1) is 6.35. The SMILES string of the molecule is CNC(=O)CCNC(C)CS(C)(=O)=O. The summed E-state index contributed by atoms with van der Waals surface area (Å²) in [6.45, 7) is 2.28. The van der Waals surface area contributed by atoms with Crippen LogP contribution in [0.25, 0.3) is 0 Å². The maximum atomic E-state index is 10.9. The average molecular weight is 222 g/mol. The molecule has 0 spiro atoms. The zero-order valence-corrected chi connectivity index (χ0v) is 9.65. The van der Waals surface area contributed by atoms with E-state index in [2.05, 4.69) is 10.6 Å². The molecule has 1 atom stereocenters. The monoisotopic (exact) mass is 222 g/mol. The highest BCUT2D eigenvalue weighted by molar-refractivity contribution is 7.90.